The van der Waals surface area contributed by atoms with Gasteiger partial charge in [0.1, 0.15) is 5.92 Å². The average Bonchev–Trinajstić information content (AvgIpc) is 2.45. The van der Waals surface area contributed by atoms with Crippen molar-refractivity contribution in [2.24, 2.45) is 5.92 Å². The smallest absolute Gasteiger partial charge is 0.336 e. The summed E-state index contributed by atoms with van der Waals surface area (Å²) in [7, 11) is 3.14. The Hall–Kier alpha value is -2.31. The summed E-state index contributed by atoms with van der Waals surface area (Å²) in [6.07, 6.45) is 0. The summed E-state index contributed by atoms with van der Waals surface area (Å²) in [5.41, 5.74) is 1.27. The van der Waals surface area contributed by atoms with Crippen LogP contribution in [0.15, 0.2) is 22.5 Å². The van der Waals surface area contributed by atoms with E-state index in [4.69, 9.17) is 9.47 Å². The van der Waals surface area contributed by atoms with Crippen LogP contribution in [-0.2, 0) is 23.9 Å². The van der Waals surface area contributed by atoms with E-state index in [0.717, 1.165) is 0 Å². The van der Waals surface area contributed by atoms with E-state index in [0.29, 0.717) is 11.4 Å². The van der Waals surface area contributed by atoms with Gasteiger partial charge in [-0.3, -0.25) is 4.79 Å². The zero-order chi connectivity index (χ0) is 17.7. The molecule has 0 unspecified atom stereocenters. The zero-order valence-electron chi connectivity index (χ0n) is 14.5. The lowest BCUT2D eigenvalue weighted by molar-refractivity contribution is -0.144. The van der Waals surface area contributed by atoms with Crippen molar-refractivity contribution in [2.75, 3.05) is 27.3 Å². The maximum absolute atomic E-state index is 12.6. The minimum absolute atomic E-state index is 0.138. The van der Waals surface area contributed by atoms with Crippen LogP contribution in [0, 0.1) is 5.92 Å². The molecule has 0 atom stereocenters. The van der Waals surface area contributed by atoms with Crippen LogP contribution < -0.4 is 5.32 Å². The van der Waals surface area contributed by atoms with Gasteiger partial charge >= 0.3 is 11.9 Å². The van der Waals surface area contributed by atoms with Crippen molar-refractivity contribution in [3.8, 4) is 0 Å². The van der Waals surface area contributed by atoms with Gasteiger partial charge in [-0.25, -0.2) is 9.59 Å². The van der Waals surface area contributed by atoms with E-state index >= 15 is 0 Å². The van der Waals surface area contributed by atoms with Gasteiger partial charge in [-0.05, 0) is 27.7 Å². The molecule has 128 valence electrons. The Kier molecular flexibility index (Phi) is 6.36. The molecule has 0 aromatic rings. The van der Waals surface area contributed by atoms with E-state index in [2.05, 4.69) is 5.32 Å². The van der Waals surface area contributed by atoms with Crippen molar-refractivity contribution >= 4 is 17.8 Å². The number of nitrogens with zero attached hydrogens (tertiary/aromatic N) is 1. The predicted molar refractivity (Wildman–Crippen MR) is 84.0 cm³/mol. The van der Waals surface area contributed by atoms with Gasteiger partial charge in [0, 0.05) is 25.5 Å². The van der Waals surface area contributed by atoms with Gasteiger partial charge in [0.25, 0.3) is 0 Å². The molecule has 0 aromatic carbocycles. The Morgan fingerprint density at radius 2 is 1.35 bits per heavy atom. The molecule has 7 nitrogen and oxygen atoms in total. The fourth-order valence-corrected chi connectivity index (χ4v) is 2.46. The number of rotatable bonds is 5. The van der Waals surface area contributed by atoms with Crippen molar-refractivity contribution in [1.82, 2.24) is 10.2 Å². The Morgan fingerprint density at radius 1 is 0.957 bits per heavy atom. The third-order valence-corrected chi connectivity index (χ3v) is 3.44. The number of ether oxygens (including phenoxy) is 2. The molecule has 1 aliphatic rings. The van der Waals surface area contributed by atoms with Gasteiger partial charge in [0.15, 0.2) is 0 Å². The van der Waals surface area contributed by atoms with Gasteiger partial charge in [-0.15, -0.1) is 0 Å². The molecule has 0 aliphatic carbocycles. The molecule has 0 spiro atoms. The topological polar surface area (TPSA) is 84.9 Å². The highest BCUT2D eigenvalue weighted by atomic mass is 16.5. The van der Waals surface area contributed by atoms with Gasteiger partial charge < -0.3 is 19.7 Å². The number of carbonyl (C=O) groups is 3. The molecule has 0 bridgehead atoms. The average molecular weight is 324 g/mol. The molecule has 1 aliphatic heterocycles. The highest BCUT2D eigenvalue weighted by molar-refractivity contribution is 6.06. The lowest BCUT2D eigenvalue weighted by atomic mass is 9.84. The minimum Gasteiger partial charge on any atom is -0.463 e. The third-order valence-electron chi connectivity index (χ3n) is 3.44. The summed E-state index contributed by atoms with van der Waals surface area (Å²) in [5.74, 6) is -2.65. The summed E-state index contributed by atoms with van der Waals surface area (Å²) in [6, 6.07) is 0. The van der Waals surface area contributed by atoms with Crippen LogP contribution in [0.25, 0.3) is 0 Å². The highest BCUT2D eigenvalue weighted by Gasteiger charge is 2.41. The van der Waals surface area contributed by atoms with E-state index in [1.54, 1.807) is 41.8 Å². The fourth-order valence-electron chi connectivity index (χ4n) is 2.46. The second kappa shape index (κ2) is 7.80. The number of dihydropyridines is 1. The quantitative estimate of drug-likeness (QED) is 0.759. The zero-order valence-corrected chi connectivity index (χ0v) is 14.5. The van der Waals surface area contributed by atoms with Gasteiger partial charge in [0.2, 0.25) is 5.91 Å². The van der Waals surface area contributed by atoms with Crippen molar-refractivity contribution in [3.05, 3.63) is 22.5 Å². The molecule has 1 N–H and O–H groups in total. The lowest BCUT2D eigenvalue weighted by Crippen LogP contribution is -2.42. The number of hydrogen-bond donors (Lipinski definition) is 1. The Morgan fingerprint density at radius 3 is 1.65 bits per heavy atom. The molecular formula is C16H24N2O5. The number of carbonyl (C=O) groups excluding carboxylic acids is 3. The first-order valence-electron chi connectivity index (χ1n) is 7.50. The van der Waals surface area contributed by atoms with Crippen molar-refractivity contribution in [3.63, 3.8) is 0 Å². The molecule has 23 heavy (non-hydrogen) atoms. The minimum atomic E-state index is -1.04. The largest absolute Gasteiger partial charge is 0.463 e. The molecule has 1 amide bonds. The van der Waals surface area contributed by atoms with Crippen LogP contribution in [-0.4, -0.2) is 50.1 Å². The van der Waals surface area contributed by atoms with E-state index in [-0.39, 0.29) is 30.3 Å². The second-order valence-electron chi connectivity index (χ2n) is 5.31. The Balaban J connectivity index is 3.44. The first-order valence-corrected chi connectivity index (χ1v) is 7.50. The van der Waals surface area contributed by atoms with Crippen LogP contribution >= 0.6 is 0 Å². The lowest BCUT2D eigenvalue weighted by Gasteiger charge is -2.30. The van der Waals surface area contributed by atoms with Crippen LogP contribution in [0.2, 0.25) is 0 Å². The van der Waals surface area contributed by atoms with Crippen molar-refractivity contribution in [1.29, 1.82) is 0 Å². The first kappa shape index (κ1) is 18.7. The Labute approximate surface area is 136 Å². The maximum Gasteiger partial charge on any atom is 0.336 e. The highest BCUT2D eigenvalue weighted by Crippen LogP contribution is 2.32. The molecule has 0 fully saturated rings. The summed E-state index contributed by atoms with van der Waals surface area (Å²) < 4.78 is 10.1. The van der Waals surface area contributed by atoms with E-state index in [1.165, 1.54) is 4.90 Å². The summed E-state index contributed by atoms with van der Waals surface area (Å²) in [6.45, 7) is 7.06. The van der Waals surface area contributed by atoms with Crippen LogP contribution in [0.1, 0.15) is 27.7 Å². The molecule has 7 heteroatoms. The molecule has 0 saturated carbocycles. The normalized spacial score (nSPS) is 15.2. The number of amides is 1. The summed E-state index contributed by atoms with van der Waals surface area (Å²) in [5, 5.41) is 2.97. The van der Waals surface area contributed by atoms with E-state index < -0.39 is 17.9 Å². The second-order valence-corrected chi connectivity index (χ2v) is 5.31. The van der Waals surface area contributed by atoms with E-state index in [9.17, 15) is 14.4 Å². The fraction of sp³-hybridized carbons (Fsp3) is 0.562. The molecule has 0 aromatic heterocycles. The predicted octanol–water partition coefficient (Wildman–Crippen LogP) is 0.968. The number of esters is 2. The molecule has 1 rings (SSSR count). The number of allylic oxidation sites excluding steroid dienone is 2. The standard InChI is InChI=1S/C16H24N2O5/c1-7-22-15(20)11-9(3)17-10(4)12(16(21)23-8-2)13(11)14(19)18(5)6/h13,17H,7-8H2,1-6H3. The molecule has 0 saturated heterocycles. The number of nitrogens with one attached hydrogen (secondary N) is 1. The SMILES string of the molecule is CCOC(=O)C1=C(C)NC(C)=C(C(=O)OCC)C1C(=O)N(C)C. The van der Waals surface area contributed by atoms with Crippen LogP contribution in [0.5, 0.6) is 0 Å². The number of hydrogen-bond acceptors (Lipinski definition) is 6. The first-order chi connectivity index (χ1) is 10.8. The molecular weight excluding hydrogens is 300 g/mol. The van der Waals surface area contributed by atoms with Crippen LogP contribution in [0.3, 0.4) is 0 Å². The van der Waals surface area contributed by atoms with Gasteiger partial charge in [0.05, 0.1) is 24.4 Å². The molecule has 0 radical (unpaired) electrons. The van der Waals surface area contributed by atoms with Gasteiger partial charge in [-0.2, -0.15) is 0 Å². The summed E-state index contributed by atoms with van der Waals surface area (Å²) in [4.78, 5) is 38.6. The monoisotopic (exact) mass is 324 g/mol. The van der Waals surface area contributed by atoms with Crippen molar-refractivity contribution < 1.29 is 23.9 Å². The van der Waals surface area contributed by atoms with E-state index in [1.807, 2.05) is 0 Å². The molecule has 1 heterocycles. The third kappa shape index (κ3) is 3.91. The van der Waals surface area contributed by atoms with Crippen LogP contribution in [0.4, 0.5) is 0 Å². The van der Waals surface area contributed by atoms with Gasteiger partial charge in [-0.1, -0.05) is 0 Å². The summed E-state index contributed by atoms with van der Waals surface area (Å²) >= 11 is 0. The van der Waals surface area contributed by atoms with Crippen molar-refractivity contribution in [2.45, 2.75) is 27.7 Å². The Bertz CT molecular complexity index is 535. The maximum atomic E-state index is 12.6.